The van der Waals surface area contributed by atoms with Gasteiger partial charge in [0.05, 0.1) is 5.75 Å². The molecule has 4 rings (SSSR count). The largest absolute Gasteiger partial charge is 0.420 e. The van der Waals surface area contributed by atoms with Crippen molar-refractivity contribution in [2.75, 3.05) is 5.84 Å². The molecular formula is C14H13ClN6OS. The zero-order valence-electron chi connectivity index (χ0n) is 12.0. The lowest BCUT2D eigenvalue weighted by Gasteiger charge is -2.00. The van der Waals surface area contributed by atoms with E-state index in [1.165, 1.54) is 11.8 Å². The van der Waals surface area contributed by atoms with E-state index in [0.29, 0.717) is 33.6 Å². The van der Waals surface area contributed by atoms with Crippen LogP contribution in [-0.4, -0.2) is 25.1 Å². The van der Waals surface area contributed by atoms with Crippen molar-refractivity contribution in [2.45, 2.75) is 29.7 Å². The van der Waals surface area contributed by atoms with Gasteiger partial charge in [0.2, 0.25) is 16.9 Å². The predicted octanol–water partition coefficient (Wildman–Crippen LogP) is 2.87. The van der Waals surface area contributed by atoms with Crippen LogP contribution >= 0.6 is 23.4 Å². The van der Waals surface area contributed by atoms with Crippen LogP contribution in [0.25, 0.3) is 11.5 Å². The number of benzene rings is 1. The normalized spacial score (nSPS) is 14.3. The van der Waals surface area contributed by atoms with Crippen molar-refractivity contribution in [3.05, 3.63) is 41.0 Å². The third kappa shape index (κ3) is 3.04. The third-order valence-electron chi connectivity index (χ3n) is 3.52. The highest BCUT2D eigenvalue weighted by molar-refractivity contribution is 7.98. The quantitative estimate of drug-likeness (QED) is 0.559. The summed E-state index contributed by atoms with van der Waals surface area (Å²) in [6.07, 6.45) is 2.27. The van der Waals surface area contributed by atoms with Gasteiger partial charge in [-0.05, 0) is 37.1 Å². The fourth-order valence-electron chi connectivity index (χ4n) is 2.15. The van der Waals surface area contributed by atoms with Crippen LogP contribution in [0.15, 0.2) is 33.8 Å². The topological polar surface area (TPSA) is 95.7 Å². The third-order valence-corrected chi connectivity index (χ3v) is 4.70. The molecule has 1 aromatic carbocycles. The minimum Gasteiger partial charge on any atom is -0.420 e. The molecule has 2 heterocycles. The van der Waals surface area contributed by atoms with Gasteiger partial charge in [-0.25, -0.2) is 4.68 Å². The molecule has 7 nitrogen and oxygen atoms in total. The van der Waals surface area contributed by atoms with Gasteiger partial charge in [-0.1, -0.05) is 23.4 Å². The zero-order valence-corrected chi connectivity index (χ0v) is 13.6. The van der Waals surface area contributed by atoms with Crippen molar-refractivity contribution in [2.24, 2.45) is 0 Å². The van der Waals surface area contributed by atoms with Gasteiger partial charge in [0.15, 0.2) is 5.82 Å². The molecule has 0 amide bonds. The van der Waals surface area contributed by atoms with Gasteiger partial charge in [0, 0.05) is 16.5 Å². The maximum absolute atomic E-state index is 6.01. The van der Waals surface area contributed by atoms with Gasteiger partial charge >= 0.3 is 0 Å². The van der Waals surface area contributed by atoms with E-state index in [-0.39, 0.29) is 0 Å². The Morgan fingerprint density at radius 2 is 1.96 bits per heavy atom. The predicted molar refractivity (Wildman–Crippen MR) is 86.5 cm³/mol. The Bertz CT molecular complexity index is 826. The Hall–Kier alpha value is -2.06. The average molecular weight is 349 g/mol. The summed E-state index contributed by atoms with van der Waals surface area (Å²) in [5.74, 6) is 8.78. The van der Waals surface area contributed by atoms with E-state index in [0.717, 1.165) is 24.2 Å². The second-order valence-electron chi connectivity index (χ2n) is 5.28. The summed E-state index contributed by atoms with van der Waals surface area (Å²) in [5.41, 5.74) is 0.830. The summed E-state index contributed by atoms with van der Waals surface area (Å²) in [6.45, 7) is 0. The summed E-state index contributed by atoms with van der Waals surface area (Å²) in [5, 5.41) is 17.7. The first-order valence-corrected chi connectivity index (χ1v) is 8.48. The first-order chi connectivity index (χ1) is 11.2. The van der Waals surface area contributed by atoms with Gasteiger partial charge in [-0.15, -0.1) is 20.4 Å². The molecule has 1 aliphatic rings. The van der Waals surface area contributed by atoms with Gasteiger partial charge < -0.3 is 10.3 Å². The van der Waals surface area contributed by atoms with E-state index >= 15 is 0 Å². The smallest absolute Gasteiger partial charge is 0.247 e. The van der Waals surface area contributed by atoms with Gasteiger partial charge in [0.25, 0.3) is 0 Å². The molecule has 2 N–H and O–H groups in total. The Morgan fingerprint density at radius 3 is 2.70 bits per heavy atom. The Morgan fingerprint density at radius 1 is 1.17 bits per heavy atom. The van der Waals surface area contributed by atoms with Crippen molar-refractivity contribution in [1.82, 2.24) is 25.1 Å². The summed E-state index contributed by atoms with van der Waals surface area (Å²) < 4.78 is 7.21. The fraction of sp³-hybridized carbons (Fsp3) is 0.286. The number of rotatable bonds is 5. The summed E-state index contributed by atoms with van der Waals surface area (Å²) in [6, 6.07) is 7.24. The van der Waals surface area contributed by atoms with Crippen LogP contribution < -0.4 is 5.84 Å². The highest BCUT2D eigenvalue weighted by atomic mass is 35.5. The maximum Gasteiger partial charge on any atom is 0.247 e. The molecule has 1 fully saturated rings. The number of aromatic nitrogens is 5. The summed E-state index contributed by atoms with van der Waals surface area (Å²) in [7, 11) is 0. The molecule has 23 heavy (non-hydrogen) atoms. The lowest BCUT2D eigenvalue weighted by molar-refractivity contribution is 0.528. The van der Waals surface area contributed by atoms with Crippen molar-refractivity contribution in [1.29, 1.82) is 0 Å². The molecule has 1 aliphatic carbocycles. The van der Waals surface area contributed by atoms with E-state index in [1.54, 1.807) is 16.8 Å². The zero-order chi connectivity index (χ0) is 15.8. The number of hydrogen-bond donors (Lipinski definition) is 1. The maximum atomic E-state index is 6.01. The second-order valence-corrected chi connectivity index (χ2v) is 6.66. The first kappa shape index (κ1) is 14.5. The van der Waals surface area contributed by atoms with Crippen LogP contribution in [0.1, 0.15) is 30.5 Å². The molecule has 0 unspecified atom stereocenters. The SMILES string of the molecule is Nn1c(SCc2nnc(-c3ccc(Cl)cc3)o2)nnc1C1CC1. The molecule has 0 saturated heterocycles. The Labute approximate surface area is 141 Å². The minimum atomic E-state index is 0.460. The van der Waals surface area contributed by atoms with Crippen LogP contribution in [-0.2, 0) is 5.75 Å². The fourth-order valence-corrected chi connectivity index (χ4v) is 2.98. The van der Waals surface area contributed by atoms with E-state index < -0.39 is 0 Å². The lowest BCUT2D eigenvalue weighted by atomic mass is 10.2. The highest BCUT2D eigenvalue weighted by Crippen LogP contribution is 2.39. The van der Waals surface area contributed by atoms with Gasteiger partial charge in [0.1, 0.15) is 0 Å². The molecule has 3 aromatic rings. The summed E-state index contributed by atoms with van der Waals surface area (Å²) in [4.78, 5) is 0. The minimum absolute atomic E-state index is 0.460. The number of nitrogens with zero attached hydrogens (tertiary/aromatic N) is 5. The van der Waals surface area contributed by atoms with Crippen LogP contribution in [0.3, 0.4) is 0 Å². The Balaban J connectivity index is 1.44. The molecular weight excluding hydrogens is 336 g/mol. The van der Waals surface area contributed by atoms with Crippen LogP contribution in [0, 0.1) is 0 Å². The van der Waals surface area contributed by atoms with Gasteiger partial charge in [-0.2, -0.15) is 0 Å². The van der Waals surface area contributed by atoms with E-state index in [9.17, 15) is 0 Å². The monoisotopic (exact) mass is 348 g/mol. The van der Waals surface area contributed by atoms with Crippen LogP contribution in [0.2, 0.25) is 5.02 Å². The van der Waals surface area contributed by atoms with E-state index in [1.807, 2.05) is 12.1 Å². The Kier molecular flexibility index (Phi) is 3.70. The molecule has 0 bridgehead atoms. The molecule has 9 heteroatoms. The molecule has 0 spiro atoms. The van der Waals surface area contributed by atoms with Crippen LogP contribution in [0.5, 0.6) is 0 Å². The standard InChI is InChI=1S/C14H13ClN6OS/c15-10-5-3-9(4-6-10)13-19-17-11(22-13)7-23-14-20-18-12(21(14)16)8-1-2-8/h3-6,8H,1-2,7,16H2. The van der Waals surface area contributed by atoms with Crippen molar-refractivity contribution >= 4 is 23.4 Å². The molecule has 1 saturated carbocycles. The summed E-state index contributed by atoms with van der Waals surface area (Å²) >= 11 is 7.29. The second kappa shape index (κ2) is 5.86. The number of halogens is 1. The number of nitrogens with two attached hydrogens (primary N) is 1. The highest BCUT2D eigenvalue weighted by Gasteiger charge is 2.30. The average Bonchev–Trinajstić information content (AvgIpc) is 3.17. The molecule has 0 atom stereocenters. The van der Waals surface area contributed by atoms with E-state index in [4.69, 9.17) is 21.9 Å². The van der Waals surface area contributed by atoms with Crippen molar-refractivity contribution in [3.63, 3.8) is 0 Å². The molecule has 0 radical (unpaired) electrons. The molecule has 2 aromatic heterocycles. The van der Waals surface area contributed by atoms with Crippen LogP contribution in [0.4, 0.5) is 0 Å². The number of thioether (sulfide) groups is 1. The number of hydrogen-bond acceptors (Lipinski definition) is 7. The molecule has 118 valence electrons. The van der Waals surface area contributed by atoms with Crippen molar-refractivity contribution in [3.8, 4) is 11.5 Å². The van der Waals surface area contributed by atoms with Gasteiger partial charge in [-0.3, -0.25) is 0 Å². The number of nitrogen functional groups attached to an aromatic ring is 1. The van der Waals surface area contributed by atoms with E-state index in [2.05, 4.69) is 20.4 Å². The first-order valence-electron chi connectivity index (χ1n) is 7.12. The molecule has 0 aliphatic heterocycles. The van der Waals surface area contributed by atoms with Crippen molar-refractivity contribution < 1.29 is 4.42 Å². The lowest BCUT2D eigenvalue weighted by Crippen LogP contribution is -2.13.